The molecule has 0 radical (unpaired) electrons. The van der Waals surface area contributed by atoms with E-state index in [4.69, 9.17) is 4.74 Å². The Kier molecular flexibility index (Phi) is 5.19. The maximum atomic E-state index is 12.9. The van der Waals surface area contributed by atoms with Crippen LogP contribution >= 0.6 is 0 Å². The first-order chi connectivity index (χ1) is 14.7. The Labute approximate surface area is 177 Å². The van der Waals surface area contributed by atoms with Gasteiger partial charge in [-0.15, -0.1) is 0 Å². The monoisotopic (exact) mass is 404 g/mol. The number of fused-ring (bicyclic) bond motifs is 2. The van der Waals surface area contributed by atoms with Gasteiger partial charge in [-0.1, -0.05) is 12.1 Å². The third-order valence-corrected chi connectivity index (χ3v) is 6.52. The molecule has 5 heteroatoms. The second kappa shape index (κ2) is 8.13. The maximum Gasteiger partial charge on any atom is 0.253 e. The first kappa shape index (κ1) is 19.2. The number of piperidine rings is 2. The van der Waals surface area contributed by atoms with E-state index in [1.54, 1.807) is 0 Å². The van der Waals surface area contributed by atoms with Gasteiger partial charge in [0.25, 0.3) is 11.8 Å². The summed E-state index contributed by atoms with van der Waals surface area (Å²) in [5, 5.41) is 0. The molecule has 2 amide bonds. The summed E-state index contributed by atoms with van der Waals surface area (Å²) in [6.07, 6.45) is 7.46. The molecule has 5 nitrogen and oxygen atoms in total. The van der Waals surface area contributed by atoms with Crippen LogP contribution in [-0.4, -0.2) is 47.8 Å². The first-order valence-electron chi connectivity index (χ1n) is 11.2. The number of carbonyl (C=O) groups is 2. The first-order valence-corrected chi connectivity index (χ1v) is 11.2. The van der Waals surface area contributed by atoms with E-state index in [2.05, 4.69) is 0 Å². The molecule has 0 bridgehead atoms. The van der Waals surface area contributed by atoms with Gasteiger partial charge in [-0.3, -0.25) is 9.59 Å². The van der Waals surface area contributed by atoms with Crippen molar-refractivity contribution >= 4 is 11.8 Å². The Bertz CT molecular complexity index is 895. The molecular formula is C25H28N2O3. The fraction of sp³-hybridized carbons (Fsp3) is 0.440. The summed E-state index contributed by atoms with van der Waals surface area (Å²) in [5.41, 5.74) is 3.51. The highest BCUT2D eigenvalue weighted by Gasteiger charge is 2.24. The molecule has 0 aromatic heterocycles. The van der Waals surface area contributed by atoms with Crippen molar-refractivity contribution in [2.24, 2.45) is 0 Å². The quantitative estimate of drug-likeness (QED) is 0.625. The van der Waals surface area contributed by atoms with Crippen molar-refractivity contribution in [2.75, 3.05) is 26.2 Å². The SMILES string of the molecule is O=C(c1ccc2c(c1)Oc1cc(C(=O)N3CCCCC3)ccc1C2)N1CCCCC1. The number of benzene rings is 2. The van der Waals surface area contributed by atoms with E-state index < -0.39 is 0 Å². The molecule has 0 unspecified atom stereocenters. The predicted octanol–water partition coefficient (Wildman–Crippen LogP) is 4.64. The van der Waals surface area contributed by atoms with Crippen LogP contribution in [0.1, 0.15) is 70.4 Å². The highest BCUT2D eigenvalue weighted by molar-refractivity contribution is 5.96. The molecule has 3 aliphatic heterocycles. The zero-order valence-electron chi connectivity index (χ0n) is 17.4. The summed E-state index contributed by atoms with van der Waals surface area (Å²) in [6, 6.07) is 11.6. The van der Waals surface area contributed by atoms with Crippen molar-refractivity contribution in [3.8, 4) is 11.5 Å². The van der Waals surface area contributed by atoms with Crippen molar-refractivity contribution < 1.29 is 14.3 Å². The Morgan fingerprint density at radius 1 is 0.633 bits per heavy atom. The number of rotatable bonds is 2. The van der Waals surface area contributed by atoms with Crippen molar-refractivity contribution in [1.29, 1.82) is 0 Å². The van der Waals surface area contributed by atoms with E-state index in [1.807, 2.05) is 46.2 Å². The third-order valence-electron chi connectivity index (χ3n) is 6.52. The molecule has 2 aromatic rings. The van der Waals surface area contributed by atoms with Crippen LogP contribution in [0.2, 0.25) is 0 Å². The molecule has 2 saturated heterocycles. The van der Waals surface area contributed by atoms with Crippen LogP contribution < -0.4 is 4.74 Å². The molecular weight excluding hydrogens is 376 g/mol. The summed E-state index contributed by atoms with van der Waals surface area (Å²) < 4.78 is 6.19. The Balaban J connectivity index is 1.37. The lowest BCUT2D eigenvalue weighted by atomic mass is 9.97. The van der Waals surface area contributed by atoms with E-state index in [0.29, 0.717) is 11.1 Å². The van der Waals surface area contributed by atoms with Gasteiger partial charge >= 0.3 is 0 Å². The average molecular weight is 405 g/mol. The molecule has 2 aromatic carbocycles. The minimum atomic E-state index is 0.0842. The average Bonchev–Trinajstić information content (AvgIpc) is 2.82. The Morgan fingerprint density at radius 2 is 1.07 bits per heavy atom. The lowest BCUT2D eigenvalue weighted by molar-refractivity contribution is 0.0717. The lowest BCUT2D eigenvalue weighted by Gasteiger charge is -2.28. The van der Waals surface area contributed by atoms with Crippen LogP contribution in [0.4, 0.5) is 0 Å². The Morgan fingerprint density at radius 3 is 1.50 bits per heavy atom. The topological polar surface area (TPSA) is 49.9 Å². The van der Waals surface area contributed by atoms with Gasteiger partial charge in [0, 0.05) is 43.7 Å². The molecule has 2 fully saturated rings. The molecule has 0 N–H and O–H groups in total. The third kappa shape index (κ3) is 3.69. The number of amides is 2. The van der Waals surface area contributed by atoms with E-state index in [1.165, 1.54) is 12.8 Å². The molecule has 3 aliphatic rings. The molecule has 0 atom stereocenters. The highest BCUT2D eigenvalue weighted by atomic mass is 16.5. The van der Waals surface area contributed by atoms with E-state index in [9.17, 15) is 9.59 Å². The summed E-state index contributed by atoms with van der Waals surface area (Å²) in [7, 11) is 0. The zero-order chi connectivity index (χ0) is 20.5. The standard InChI is InChI=1S/C25H28N2O3/c28-24(26-11-3-1-4-12-26)20-9-7-18-15-19-8-10-21(17-23(19)30-22(18)16-20)25(29)27-13-5-2-6-14-27/h7-10,16-17H,1-6,11-15H2. The van der Waals surface area contributed by atoms with Crippen molar-refractivity contribution in [3.63, 3.8) is 0 Å². The van der Waals surface area contributed by atoms with Gasteiger partial charge in [-0.2, -0.15) is 0 Å². The van der Waals surface area contributed by atoms with Gasteiger partial charge in [0.2, 0.25) is 0 Å². The fourth-order valence-electron chi connectivity index (χ4n) is 4.74. The van der Waals surface area contributed by atoms with Gasteiger partial charge in [-0.05, 0) is 73.9 Å². The van der Waals surface area contributed by atoms with E-state index in [-0.39, 0.29) is 11.8 Å². The molecule has 5 rings (SSSR count). The molecule has 3 heterocycles. The van der Waals surface area contributed by atoms with Crippen LogP contribution in [0.25, 0.3) is 0 Å². The predicted molar refractivity (Wildman–Crippen MR) is 115 cm³/mol. The molecule has 156 valence electrons. The summed E-state index contributed by atoms with van der Waals surface area (Å²) in [4.78, 5) is 29.6. The van der Waals surface area contributed by atoms with Gasteiger partial charge in [0.1, 0.15) is 11.5 Å². The van der Waals surface area contributed by atoms with E-state index in [0.717, 1.165) is 80.9 Å². The maximum absolute atomic E-state index is 12.9. The molecule has 0 spiro atoms. The summed E-state index contributed by atoms with van der Waals surface area (Å²) in [6.45, 7) is 3.34. The highest BCUT2D eigenvalue weighted by Crippen LogP contribution is 2.38. The van der Waals surface area contributed by atoms with E-state index >= 15 is 0 Å². The summed E-state index contributed by atoms with van der Waals surface area (Å²) >= 11 is 0. The van der Waals surface area contributed by atoms with Crippen LogP contribution in [-0.2, 0) is 6.42 Å². The molecule has 0 aliphatic carbocycles. The van der Waals surface area contributed by atoms with Crippen molar-refractivity contribution in [1.82, 2.24) is 9.80 Å². The molecule has 30 heavy (non-hydrogen) atoms. The molecule has 0 saturated carbocycles. The number of hydrogen-bond acceptors (Lipinski definition) is 3. The number of ether oxygens (including phenoxy) is 1. The van der Waals surface area contributed by atoms with Gasteiger partial charge in [0.05, 0.1) is 0 Å². The normalized spacial score (nSPS) is 18.3. The fourth-order valence-corrected chi connectivity index (χ4v) is 4.74. The van der Waals surface area contributed by atoms with Gasteiger partial charge < -0.3 is 14.5 Å². The number of carbonyl (C=O) groups excluding carboxylic acids is 2. The van der Waals surface area contributed by atoms with Gasteiger partial charge in [0.15, 0.2) is 0 Å². The van der Waals surface area contributed by atoms with Gasteiger partial charge in [-0.25, -0.2) is 0 Å². The number of nitrogens with zero attached hydrogens (tertiary/aromatic N) is 2. The summed E-state index contributed by atoms with van der Waals surface area (Å²) in [5.74, 6) is 1.63. The van der Waals surface area contributed by atoms with Crippen LogP contribution in [0.3, 0.4) is 0 Å². The zero-order valence-corrected chi connectivity index (χ0v) is 17.4. The van der Waals surface area contributed by atoms with Crippen molar-refractivity contribution in [3.05, 3.63) is 58.7 Å². The number of hydrogen-bond donors (Lipinski definition) is 0. The second-order valence-electron chi connectivity index (χ2n) is 8.63. The smallest absolute Gasteiger partial charge is 0.253 e. The minimum Gasteiger partial charge on any atom is -0.457 e. The Hall–Kier alpha value is -2.82. The van der Waals surface area contributed by atoms with Crippen LogP contribution in [0, 0.1) is 0 Å². The largest absolute Gasteiger partial charge is 0.457 e. The minimum absolute atomic E-state index is 0.0842. The van der Waals surface area contributed by atoms with Crippen LogP contribution in [0.15, 0.2) is 36.4 Å². The van der Waals surface area contributed by atoms with Crippen LogP contribution in [0.5, 0.6) is 11.5 Å². The second-order valence-corrected chi connectivity index (χ2v) is 8.63. The lowest BCUT2D eigenvalue weighted by Crippen LogP contribution is -2.35. The van der Waals surface area contributed by atoms with Crippen molar-refractivity contribution in [2.45, 2.75) is 44.9 Å². The number of likely N-dealkylation sites (tertiary alicyclic amines) is 2.